The van der Waals surface area contributed by atoms with E-state index in [0.29, 0.717) is 29.8 Å². The highest BCUT2D eigenvalue weighted by Gasteiger charge is 2.15. The zero-order valence-corrected chi connectivity index (χ0v) is 16.6. The van der Waals surface area contributed by atoms with Crippen LogP contribution in [0.1, 0.15) is 19.4 Å². The normalized spacial score (nSPS) is 10.6. The predicted molar refractivity (Wildman–Crippen MR) is 110 cm³/mol. The Hall–Kier alpha value is -3.35. The standard InChI is InChI=1S/C21H25N5O2/c1-15(2)26(14-16-8-6-5-7-9-16)21-24-20(13-22-25-21)23-17-10-11-18(27-3)19(12-17)28-4/h5-13,15H,14H2,1-4H3,(H,23,24,25). The molecule has 146 valence electrons. The summed E-state index contributed by atoms with van der Waals surface area (Å²) >= 11 is 0. The molecule has 0 spiro atoms. The van der Waals surface area contributed by atoms with E-state index in [-0.39, 0.29) is 6.04 Å². The van der Waals surface area contributed by atoms with Crippen LogP contribution in [0.15, 0.2) is 54.7 Å². The molecule has 28 heavy (non-hydrogen) atoms. The van der Waals surface area contributed by atoms with Crippen LogP contribution in [0.4, 0.5) is 17.5 Å². The quantitative estimate of drug-likeness (QED) is 0.633. The number of hydrogen-bond donors (Lipinski definition) is 1. The third-order valence-corrected chi connectivity index (χ3v) is 4.28. The Kier molecular flexibility index (Phi) is 6.26. The number of ether oxygens (including phenoxy) is 2. The van der Waals surface area contributed by atoms with E-state index in [0.717, 1.165) is 5.69 Å². The summed E-state index contributed by atoms with van der Waals surface area (Å²) in [5, 5.41) is 11.6. The van der Waals surface area contributed by atoms with Crippen LogP contribution in [0.3, 0.4) is 0 Å². The minimum atomic E-state index is 0.221. The lowest BCUT2D eigenvalue weighted by molar-refractivity contribution is 0.355. The van der Waals surface area contributed by atoms with Crippen LogP contribution in [0.25, 0.3) is 0 Å². The van der Waals surface area contributed by atoms with Crippen molar-refractivity contribution in [1.82, 2.24) is 15.2 Å². The summed E-state index contributed by atoms with van der Waals surface area (Å²) in [6, 6.07) is 16.1. The number of rotatable bonds is 8. The van der Waals surface area contributed by atoms with Crippen LogP contribution in [0.5, 0.6) is 11.5 Å². The highest BCUT2D eigenvalue weighted by Crippen LogP contribution is 2.31. The van der Waals surface area contributed by atoms with Gasteiger partial charge in [-0.15, -0.1) is 5.10 Å². The number of nitrogens with one attached hydrogen (secondary N) is 1. The van der Waals surface area contributed by atoms with Gasteiger partial charge in [0, 0.05) is 24.3 Å². The van der Waals surface area contributed by atoms with Gasteiger partial charge in [0.05, 0.1) is 20.4 Å². The zero-order chi connectivity index (χ0) is 19.9. The van der Waals surface area contributed by atoms with Gasteiger partial charge >= 0.3 is 0 Å². The first-order chi connectivity index (χ1) is 13.6. The molecule has 1 aromatic heterocycles. The number of benzene rings is 2. The highest BCUT2D eigenvalue weighted by atomic mass is 16.5. The molecule has 7 nitrogen and oxygen atoms in total. The van der Waals surface area contributed by atoms with Crippen molar-refractivity contribution in [2.24, 2.45) is 0 Å². The summed E-state index contributed by atoms with van der Waals surface area (Å²) in [5.41, 5.74) is 2.02. The number of aromatic nitrogens is 3. The fourth-order valence-electron chi connectivity index (χ4n) is 2.80. The molecule has 0 radical (unpaired) electrons. The van der Waals surface area contributed by atoms with E-state index in [4.69, 9.17) is 9.47 Å². The van der Waals surface area contributed by atoms with Crippen molar-refractivity contribution < 1.29 is 9.47 Å². The van der Waals surface area contributed by atoms with E-state index in [1.165, 1.54) is 5.56 Å². The van der Waals surface area contributed by atoms with Gasteiger partial charge in [0.15, 0.2) is 17.3 Å². The Morgan fingerprint density at radius 1 is 1.00 bits per heavy atom. The van der Waals surface area contributed by atoms with Gasteiger partial charge in [0.25, 0.3) is 0 Å². The van der Waals surface area contributed by atoms with Crippen LogP contribution in [0.2, 0.25) is 0 Å². The van der Waals surface area contributed by atoms with Crippen LogP contribution in [-0.2, 0) is 6.54 Å². The zero-order valence-electron chi connectivity index (χ0n) is 16.6. The second-order valence-corrected chi connectivity index (χ2v) is 6.54. The molecular formula is C21H25N5O2. The maximum atomic E-state index is 5.35. The van der Waals surface area contributed by atoms with Crippen molar-refractivity contribution >= 4 is 17.5 Å². The molecule has 2 aromatic carbocycles. The molecule has 0 saturated carbocycles. The number of hydrogen-bond acceptors (Lipinski definition) is 7. The van der Waals surface area contributed by atoms with Gasteiger partial charge in [-0.25, -0.2) is 0 Å². The fourth-order valence-corrected chi connectivity index (χ4v) is 2.80. The molecule has 3 aromatic rings. The van der Waals surface area contributed by atoms with Gasteiger partial charge < -0.3 is 19.7 Å². The SMILES string of the molecule is COc1ccc(Nc2cnnc(N(Cc3ccccc3)C(C)C)n2)cc1OC. The van der Waals surface area contributed by atoms with Gasteiger partial charge in [-0.2, -0.15) is 10.1 Å². The second kappa shape index (κ2) is 9.03. The third kappa shape index (κ3) is 4.68. The van der Waals surface area contributed by atoms with Gasteiger partial charge in [0.2, 0.25) is 5.95 Å². The third-order valence-electron chi connectivity index (χ3n) is 4.28. The highest BCUT2D eigenvalue weighted by molar-refractivity contribution is 5.61. The first kappa shape index (κ1) is 19.4. The number of anilines is 3. The van der Waals surface area contributed by atoms with Crippen molar-refractivity contribution in [3.8, 4) is 11.5 Å². The van der Waals surface area contributed by atoms with Crippen LogP contribution < -0.4 is 19.7 Å². The Balaban J connectivity index is 1.82. The lowest BCUT2D eigenvalue weighted by Gasteiger charge is -2.26. The Labute approximate surface area is 165 Å². The molecule has 0 aliphatic carbocycles. The summed E-state index contributed by atoms with van der Waals surface area (Å²) < 4.78 is 10.6. The van der Waals surface area contributed by atoms with Gasteiger partial charge in [-0.05, 0) is 31.5 Å². The summed E-state index contributed by atoms with van der Waals surface area (Å²) in [6.45, 7) is 4.93. The Morgan fingerprint density at radius 2 is 1.75 bits per heavy atom. The topological polar surface area (TPSA) is 72.4 Å². The van der Waals surface area contributed by atoms with Crippen molar-refractivity contribution in [3.05, 3.63) is 60.3 Å². The molecule has 1 N–H and O–H groups in total. The summed E-state index contributed by atoms with van der Waals surface area (Å²) in [4.78, 5) is 6.77. The van der Waals surface area contributed by atoms with Crippen molar-refractivity contribution in [2.75, 3.05) is 24.4 Å². The Bertz CT molecular complexity index is 902. The molecule has 0 bridgehead atoms. The lowest BCUT2D eigenvalue weighted by atomic mass is 10.2. The van der Waals surface area contributed by atoms with Crippen molar-refractivity contribution in [2.45, 2.75) is 26.4 Å². The minimum Gasteiger partial charge on any atom is -0.493 e. The first-order valence-electron chi connectivity index (χ1n) is 9.10. The molecule has 3 rings (SSSR count). The van der Waals surface area contributed by atoms with Gasteiger partial charge in [0.1, 0.15) is 0 Å². The smallest absolute Gasteiger partial charge is 0.247 e. The average Bonchev–Trinajstić information content (AvgIpc) is 2.72. The van der Waals surface area contributed by atoms with Gasteiger partial charge in [-0.3, -0.25) is 0 Å². The number of methoxy groups -OCH3 is 2. The van der Waals surface area contributed by atoms with E-state index in [1.54, 1.807) is 20.4 Å². The maximum absolute atomic E-state index is 5.35. The second-order valence-electron chi connectivity index (χ2n) is 6.54. The molecule has 0 unspecified atom stereocenters. The lowest BCUT2D eigenvalue weighted by Crippen LogP contribution is -2.32. The van der Waals surface area contributed by atoms with E-state index >= 15 is 0 Å². The fraction of sp³-hybridized carbons (Fsp3) is 0.286. The van der Waals surface area contributed by atoms with Crippen LogP contribution >= 0.6 is 0 Å². The average molecular weight is 379 g/mol. The summed E-state index contributed by atoms with van der Waals surface area (Å²) in [5.74, 6) is 2.49. The molecule has 0 atom stereocenters. The van der Waals surface area contributed by atoms with E-state index in [9.17, 15) is 0 Å². The van der Waals surface area contributed by atoms with Crippen LogP contribution in [0, 0.1) is 0 Å². The molecule has 0 saturated heterocycles. The number of nitrogens with zero attached hydrogens (tertiary/aromatic N) is 4. The Morgan fingerprint density at radius 3 is 2.43 bits per heavy atom. The van der Waals surface area contributed by atoms with Crippen molar-refractivity contribution in [1.29, 1.82) is 0 Å². The molecule has 0 fully saturated rings. The van der Waals surface area contributed by atoms with E-state index in [1.807, 2.05) is 36.4 Å². The molecule has 0 aliphatic heterocycles. The molecule has 0 amide bonds. The molecule has 7 heteroatoms. The van der Waals surface area contributed by atoms with Crippen molar-refractivity contribution in [3.63, 3.8) is 0 Å². The largest absolute Gasteiger partial charge is 0.493 e. The van der Waals surface area contributed by atoms with Gasteiger partial charge in [-0.1, -0.05) is 30.3 Å². The molecule has 0 aliphatic rings. The predicted octanol–water partition coefficient (Wildman–Crippen LogP) is 4.05. The summed E-state index contributed by atoms with van der Waals surface area (Å²) in [7, 11) is 3.22. The summed E-state index contributed by atoms with van der Waals surface area (Å²) in [6.07, 6.45) is 1.60. The van der Waals surface area contributed by atoms with Crippen LogP contribution in [-0.4, -0.2) is 35.4 Å². The molecule has 1 heterocycles. The van der Waals surface area contributed by atoms with E-state index in [2.05, 4.69) is 51.4 Å². The first-order valence-corrected chi connectivity index (χ1v) is 9.10. The van der Waals surface area contributed by atoms with E-state index < -0.39 is 0 Å². The minimum absolute atomic E-state index is 0.221. The maximum Gasteiger partial charge on any atom is 0.247 e. The monoisotopic (exact) mass is 379 g/mol. The molecular weight excluding hydrogens is 354 g/mol.